The van der Waals surface area contributed by atoms with Crippen LogP contribution >= 0.6 is 0 Å². The molecule has 1 aromatic heterocycles. The van der Waals surface area contributed by atoms with E-state index in [0.29, 0.717) is 0 Å². The summed E-state index contributed by atoms with van der Waals surface area (Å²) in [5.41, 5.74) is 1.86. The SMILES string of the molecule is Cc1c(C(C)NCCc2nnc3n2CCC3)cccc1[N+](=O)[O-]. The molecule has 1 atom stereocenters. The quantitative estimate of drug-likeness (QED) is 0.653. The zero-order chi connectivity index (χ0) is 16.4. The lowest BCUT2D eigenvalue weighted by atomic mass is 10.0. The Bertz CT molecular complexity index is 725. The second-order valence-electron chi connectivity index (χ2n) is 5.96. The maximum Gasteiger partial charge on any atom is 0.272 e. The van der Waals surface area contributed by atoms with Gasteiger partial charge in [-0.3, -0.25) is 10.1 Å². The van der Waals surface area contributed by atoms with Gasteiger partial charge in [0.05, 0.1) is 4.92 Å². The number of nitrogens with one attached hydrogen (secondary N) is 1. The van der Waals surface area contributed by atoms with Gasteiger partial charge in [-0.15, -0.1) is 10.2 Å². The zero-order valence-electron chi connectivity index (χ0n) is 13.5. The van der Waals surface area contributed by atoms with Crippen molar-refractivity contribution in [1.82, 2.24) is 20.1 Å². The van der Waals surface area contributed by atoms with E-state index in [1.54, 1.807) is 19.1 Å². The first-order valence-corrected chi connectivity index (χ1v) is 7.96. The molecule has 0 aliphatic carbocycles. The fraction of sp³-hybridized carbons (Fsp3) is 0.500. The molecule has 1 N–H and O–H groups in total. The van der Waals surface area contributed by atoms with Crippen molar-refractivity contribution in [3.05, 3.63) is 51.1 Å². The van der Waals surface area contributed by atoms with E-state index in [2.05, 4.69) is 20.1 Å². The first-order valence-electron chi connectivity index (χ1n) is 7.96. The standard InChI is InChI=1S/C16H21N5O2/c1-11-13(5-3-6-14(11)21(22)23)12(2)17-9-8-16-19-18-15-7-4-10-20(15)16/h3,5-6,12,17H,4,7-10H2,1-2H3. The molecule has 122 valence electrons. The van der Waals surface area contributed by atoms with Crippen molar-refractivity contribution >= 4 is 5.69 Å². The minimum absolute atomic E-state index is 0.0517. The Morgan fingerprint density at radius 1 is 1.43 bits per heavy atom. The molecule has 0 bridgehead atoms. The van der Waals surface area contributed by atoms with Crippen molar-refractivity contribution in [2.75, 3.05) is 6.54 Å². The molecule has 1 aromatic carbocycles. The summed E-state index contributed by atoms with van der Waals surface area (Å²) in [4.78, 5) is 10.7. The fourth-order valence-electron chi connectivity index (χ4n) is 3.21. The van der Waals surface area contributed by atoms with E-state index in [-0.39, 0.29) is 16.7 Å². The Morgan fingerprint density at radius 2 is 2.26 bits per heavy atom. The van der Waals surface area contributed by atoms with Gasteiger partial charge in [0.1, 0.15) is 11.6 Å². The van der Waals surface area contributed by atoms with Crippen LogP contribution in [-0.2, 0) is 19.4 Å². The Kier molecular flexibility index (Phi) is 4.38. The van der Waals surface area contributed by atoms with E-state index in [0.717, 1.165) is 55.1 Å². The van der Waals surface area contributed by atoms with Gasteiger partial charge in [0.2, 0.25) is 0 Å². The molecule has 7 heteroatoms. The Hall–Kier alpha value is -2.28. The lowest BCUT2D eigenvalue weighted by molar-refractivity contribution is -0.385. The van der Waals surface area contributed by atoms with Crippen molar-refractivity contribution in [2.24, 2.45) is 0 Å². The smallest absolute Gasteiger partial charge is 0.272 e. The first kappa shape index (κ1) is 15.6. The van der Waals surface area contributed by atoms with E-state index in [9.17, 15) is 10.1 Å². The fourth-order valence-corrected chi connectivity index (χ4v) is 3.21. The molecule has 0 radical (unpaired) electrons. The van der Waals surface area contributed by atoms with Crippen molar-refractivity contribution in [2.45, 2.75) is 45.7 Å². The number of aryl methyl sites for hydroxylation is 1. The average molecular weight is 315 g/mol. The highest BCUT2D eigenvalue weighted by Crippen LogP contribution is 2.25. The van der Waals surface area contributed by atoms with E-state index >= 15 is 0 Å². The Labute approximate surface area is 134 Å². The predicted molar refractivity (Wildman–Crippen MR) is 86.3 cm³/mol. The van der Waals surface area contributed by atoms with E-state index in [1.165, 1.54) is 0 Å². The number of benzene rings is 1. The first-order chi connectivity index (χ1) is 11.1. The van der Waals surface area contributed by atoms with Crippen LogP contribution in [-0.4, -0.2) is 26.2 Å². The summed E-state index contributed by atoms with van der Waals surface area (Å²) in [6.07, 6.45) is 2.98. The van der Waals surface area contributed by atoms with E-state index < -0.39 is 0 Å². The van der Waals surface area contributed by atoms with Crippen LogP contribution in [0.5, 0.6) is 0 Å². The predicted octanol–water partition coefficient (Wildman–Crippen LogP) is 2.33. The molecule has 0 spiro atoms. The number of nitro groups is 1. The molecule has 0 saturated heterocycles. The minimum atomic E-state index is -0.328. The number of nitrogens with zero attached hydrogens (tertiary/aromatic N) is 4. The minimum Gasteiger partial charge on any atom is -0.315 e. The normalized spacial score (nSPS) is 14.7. The molecule has 2 heterocycles. The monoisotopic (exact) mass is 315 g/mol. The van der Waals surface area contributed by atoms with Gasteiger partial charge in [0.25, 0.3) is 5.69 Å². The highest BCUT2D eigenvalue weighted by Gasteiger charge is 2.19. The molecule has 2 aromatic rings. The highest BCUT2D eigenvalue weighted by atomic mass is 16.6. The van der Waals surface area contributed by atoms with Gasteiger partial charge in [-0.1, -0.05) is 12.1 Å². The third-order valence-electron chi connectivity index (χ3n) is 4.50. The zero-order valence-corrected chi connectivity index (χ0v) is 13.5. The maximum atomic E-state index is 11.0. The summed E-state index contributed by atoms with van der Waals surface area (Å²) in [6.45, 7) is 5.61. The van der Waals surface area contributed by atoms with Gasteiger partial charge in [-0.2, -0.15) is 0 Å². The van der Waals surface area contributed by atoms with Crippen LogP contribution in [0.1, 0.15) is 42.2 Å². The molecule has 1 aliphatic heterocycles. The second-order valence-corrected chi connectivity index (χ2v) is 5.96. The molecular formula is C16H21N5O2. The van der Waals surface area contributed by atoms with Crippen molar-refractivity contribution in [3.63, 3.8) is 0 Å². The van der Waals surface area contributed by atoms with Crippen LogP contribution in [0.3, 0.4) is 0 Å². The molecule has 1 aliphatic rings. The van der Waals surface area contributed by atoms with E-state index in [4.69, 9.17) is 0 Å². The summed E-state index contributed by atoms with van der Waals surface area (Å²) in [5, 5.41) is 22.9. The molecular weight excluding hydrogens is 294 g/mol. The van der Waals surface area contributed by atoms with Gasteiger partial charge in [0, 0.05) is 43.6 Å². The lowest BCUT2D eigenvalue weighted by Crippen LogP contribution is -2.23. The van der Waals surface area contributed by atoms with Crippen LogP contribution in [0, 0.1) is 17.0 Å². The third kappa shape index (κ3) is 3.10. The van der Waals surface area contributed by atoms with Crippen LogP contribution in [0.2, 0.25) is 0 Å². The van der Waals surface area contributed by atoms with Gasteiger partial charge in [-0.05, 0) is 25.8 Å². The number of hydrogen-bond donors (Lipinski definition) is 1. The third-order valence-corrected chi connectivity index (χ3v) is 4.50. The molecule has 0 saturated carbocycles. The summed E-state index contributed by atoms with van der Waals surface area (Å²) in [5.74, 6) is 2.11. The van der Waals surface area contributed by atoms with Crippen LogP contribution < -0.4 is 5.32 Å². The van der Waals surface area contributed by atoms with Crippen molar-refractivity contribution in [1.29, 1.82) is 0 Å². The van der Waals surface area contributed by atoms with Gasteiger partial charge in [-0.25, -0.2) is 0 Å². The molecule has 0 amide bonds. The Morgan fingerprint density at radius 3 is 3.04 bits per heavy atom. The second kappa shape index (κ2) is 6.45. The van der Waals surface area contributed by atoms with Gasteiger partial charge >= 0.3 is 0 Å². The summed E-state index contributed by atoms with van der Waals surface area (Å²) >= 11 is 0. The molecule has 1 unspecified atom stereocenters. The molecule has 3 rings (SSSR count). The summed E-state index contributed by atoms with van der Waals surface area (Å²) < 4.78 is 2.20. The molecule has 23 heavy (non-hydrogen) atoms. The van der Waals surface area contributed by atoms with Crippen molar-refractivity contribution < 1.29 is 4.92 Å². The maximum absolute atomic E-state index is 11.0. The Balaban J connectivity index is 1.62. The largest absolute Gasteiger partial charge is 0.315 e. The number of nitro benzene ring substituents is 1. The van der Waals surface area contributed by atoms with Crippen LogP contribution in [0.25, 0.3) is 0 Å². The average Bonchev–Trinajstić information content (AvgIpc) is 3.11. The number of hydrogen-bond acceptors (Lipinski definition) is 5. The topological polar surface area (TPSA) is 85.9 Å². The number of fused-ring (bicyclic) bond motifs is 1. The van der Waals surface area contributed by atoms with Crippen LogP contribution in [0.15, 0.2) is 18.2 Å². The van der Waals surface area contributed by atoms with E-state index in [1.807, 2.05) is 13.0 Å². The van der Waals surface area contributed by atoms with Crippen molar-refractivity contribution in [3.8, 4) is 0 Å². The molecule has 7 nitrogen and oxygen atoms in total. The number of rotatable bonds is 6. The lowest BCUT2D eigenvalue weighted by Gasteiger charge is -2.16. The highest BCUT2D eigenvalue weighted by molar-refractivity contribution is 5.45. The number of aromatic nitrogens is 3. The summed E-state index contributed by atoms with van der Waals surface area (Å²) in [7, 11) is 0. The van der Waals surface area contributed by atoms with Gasteiger partial charge < -0.3 is 9.88 Å². The molecule has 0 fully saturated rings. The summed E-state index contributed by atoms with van der Waals surface area (Å²) in [6, 6.07) is 5.28. The van der Waals surface area contributed by atoms with Crippen LogP contribution in [0.4, 0.5) is 5.69 Å². The van der Waals surface area contributed by atoms with Gasteiger partial charge in [0.15, 0.2) is 0 Å².